The maximum atomic E-state index is 4.49. The van der Waals surface area contributed by atoms with E-state index in [0.717, 1.165) is 16.2 Å². The number of nitrogens with one attached hydrogen (secondary N) is 1. The van der Waals surface area contributed by atoms with Crippen LogP contribution in [0.5, 0.6) is 0 Å². The van der Waals surface area contributed by atoms with Gasteiger partial charge in [-0.25, -0.2) is 4.98 Å². The molecule has 0 bridgehead atoms. The van der Waals surface area contributed by atoms with Crippen LogP contribution in [0.25, 0.3) is 10.8 Å². The van der Waals surface area contributed by atoms with Gasteiger partial charge in [-0.15, -0.1) is 0 Å². The Morgan fingerprint density at radius 2 is 2.00 bits per heavy atom. The number of rotatable bonds is 5. The molecule has 0 fully saturated rings. The first kappa shape index (κ1) is 14.3. The summed E-state index contributed by atoms with van der Waals surface area (Å²) in [5, 5.41) is 5.92. The van der Waals surface area contributed by atoms with Crippen molar-refractivity contribution in [1.82, 2.24) is 4.98 Å². The van der Waals surface area contributed by atoms with E-state index in [-0.39, 0.29) is 0 Å². The van der Waals surface area contributed by atoms with E-state index < -0.39 is 0 Å². The van der Waals surface area contributed by atoms with Gasteiger partial charge in [0.25, 0.3) is 0 Å². The monoisotopic (exact) mass is 320 g/mol. The standard InChI is InChI=1S/C16H21BrN2/c1-4-11(2)10-12(3)19-16-14-6-5-7-15(17)13(14)8-9-18-16/h5-9,11-12H,4,10H2,1-3H3,(H,18,19). The number of anilines is 1. The van der Waals surface area contributed by atoms with Crippen molar-refractivity contribution >= 4 is 32.5 Å². The first-order chi connectivity index (χ1) is 9.11. The van der Waals surface area contributed by atoms with Crippen molar-refractivity contribution in [2.75, 3.05) is 5.32 Å². The zero-order chi connectivity index (χ0) is 13.8. The fourth-order valence-electron chi connectivity index (χ4n) is 2.35. The van der Waals surface area contributed by atoms with E-state index in [1.165, 1.54) is 23.6 Å². The second-order valence-electron chi connectivity index (χ2n) is 5.29. The third-order valence-corrected chi connectivity index (χ3v) is 4.28. The maximum absolute atomic E-state index is 4.49. The van der Waals surface area contributed by atoms with Crippen LogP contribution in [0, 0.1) is 5.92 Å². The summed E-state index contributed by atoms with van der Waals surface area (Å²) in [5.41, 5.74) is 0. The topological polar surface area (TPSA) is 24.9 Å². The molecule has 1 aromatic heterocycles. The van der Waals surface area contributed by atoms with Crippen LogP contribution >= 0.6 is 15.9 Å². The number of fused-ring (bicyclic) bond motifs is 1. The molecule has 0 aliphatic heterocycles. The highest BCUT2D eigenvalue weighted by atomic mass is 79.9. The fraction of sp³-hybridized carbons (Fsp3) is 0.438. The van der Waals surface area contributed by atoms with Gasteiger partial charge in [-0.3, -0.25) is 0 Å². The Morgan fingerprint density at radius 1 is 1.21 bits per heavy atom. The van der Waals surface area contributed by atoms with Crippen LogP contribution in [-0.4, -0.2) is 11.0 Å². The van der Waals surface area contributed by atoms with Gasteiger partial charge in [0.2, 0.25) is 0 Å². The highest BCUT2D eigenvalue weighted by Crippen LogP contribution is 2.28. The molecule has 2 unspecified atom stereocenters. The molecule has 1 heterocycles. The Balaban J connectivity index is 2.23. The number of halogens is 1. The van der Waals surface area contributed by atoms with E-state index in [1.807, 2.05) is 12.3 Å². The van der Waals surface area contributed by atoms with Crippen LogP contribution in [0.4, 0.5) is 5.82 Å². The number of benzene rings is 1. The van der Waals surface area contributed by atoms with Gasteiger partial charge in [-0.2, -0.15) is 0 Å². The van der Waals surface area contributed by atoms with Crippen LogP contribution < -0.4 is 5.32 Å². The van der Waals surface area contributed by atoms with Crippen molar-refractivity contribution in [3.63, 3.8) is 0 Å². The molecule has 0 aliphatic rings. The van der Waals surface area contributed by atoms with E-state index in [0.29, 0.717) is 6.04 Å². The lowest BCUT2D eigenvalue weighted by Crippen LogP contribution is -2.19. The zero-order valence-corrected chi connectivity index (χ0v) is 13.4. The number of aromatic nitrogens is 1. The quantitative estimate of drug-likeness (QED) is 0.815. The second kappa shape index (κ2) is 6.38. The zero-order valence-electron chi connectivity index (χ0n) is 11.8. The minimum Gasteiger partial charge on any atom is -0.367 e. The fourth-order valence-corrected chi connectivity index (χ4v) is 2.84. The van der Waals surface area contributed by atoms with Crippen molar-refractivity contribution in [2.24, 2.45) is 5.92 Å². The Kier molecular flexibility index (Phi) is 4.81. The Hall–Kier alpha value is -1.09. The molecular formula is C16H21BrN2. The first-order valence-electron chi connectivity index (χ1n) is 6.91. The molecule has 0 saturated carbocycles. The first-order valence-corrected chi connectivity index (χ1v) is 7.71. The lowest BCUT2D eigenvalue weighted by Gasteiger charge is -2.19. The summed E-state index contributed by atoms with van der Waals surface area (Å²) < 4.78 is 1.12. The molecule has 1 aromatic carbocycles. The van der Waals surface area contributed by atoms with Crippen molar-refractivity contribution < 1.29 is 0 Å². The molecule has 0 amide bonds. The average molecular weight is 321 g/mol. The Morgan fingerprint density at radius 3 is 2.74 bits per heavy atom. The van der Waals surface area contributed by atoms with E-state index in [2.05, 4.69) is 65.2 Å². The summed E-state index contributed by atoms with van der Waals surface area (Å²) in [6.45, 7) is 6.76. The van der Waals surface area contributed by atoms with Gasteiger partial charge in [0.05, 0.1) is 0 Å². The molecule has 3 heteroatoms. The number of pyridine rings is 1. The van der Waals surface area contributed by atoms with Crippen molar-refractivity contribution in [3.8, 4) is 0 Å². The van der Waals surface area contributed by atoms with Gasteiger partial charge in [0.1, 0.15) is 5.82 Å². The van der Waals surface area contributed by atoms with Crippen molar-refractivity contribution in [1.29, 1.82) is 0 Å². The summed E-state index contributed by atoms with van der Waals surface area (Å²) in [4.78, 5) is 4.49. The maximum Gasteiger partial charge on any atom is 0.134 e. The predicted octanol–water partition coefficient (Wildman–Crippen LogP) is 5.23. The minimum atomic E-state index is 0.437. The molecule has 0 spiro atoms. The summed E-state index contributed by atoms with van der Waals surface area (Å²) in [5.74, 6) is 1.72. The highest BCUT2D eigenvalue weighted by Gasteiger charge is 2.10. The Labute approximate surface area is 123 Å². The van der Waals surface area contributed by atoms with Crippen LogP contribution in [0.15, 0.2) is 34.9 Å². The largest absolute Gasteiger partial charge is 0.367 e. The average Bonchev–Trinajstić information content (AvgIpc) is 2.39. The molecule has 2 aromatic rings. The van der Waals surface area contributed by atoms with Crippen molar-refractivity contribution in [3.05, 3.63) is 34.9 Å². The summed E-state index contributed by atoms with van der Waals surface area (Å²) in [6, 6.07) is 8.72. The smallest absolute Gasteiger partial charge is 0.134 e. The molecule has 0 radical (unpaired) electrons. The molecule has 2 nitrogen and oxygen atoms in total. The van der Waals surface area contributed by atoms with Gasteiger partial charge in [-0.1, -0.05) is 48.3 Å². The van der Waals surface area contributed by atoms with Crippen molar-refractivity contribution in [2.45, 2.75) is 39.7 Å². The van der Waals surface area contributed by atoms with Crippen LogP contribution in [0.3, 0.4) is 0 Å². The number of hydrogen-bond acceptors (Lipinski definition) is 2. The Bertz CT molecular complexity index is 553. The van der Waals surface area contributed by atoms with Gasteiger partial charge >= 0.3 is 0 Å². The van der Waals surface area contributed by atoms with E-state index >= 15 is 0 Å². The minimum absolute atomic E-state index is 0.437. The van der Waals surface area contributed by atoms with Gasteiger partial charge in [0.15, 0.2) is 0 Å². The number of hydrogen-bond donors (Lipinski definition) is 1. The van der Waals surface area contributed by atoms with Crippen LogP contribution in [0.1, 0.15) is 33.6 Å². The molecule has 2 rings (SSSR count). The van der Waals surface area contributed by atoms with Gasteiger partial charge in [0, 0.05) is 27.5 Å². The molecule has 2 atom stereocenters. The molecule has 102 valence electrons. The summed E-state index contributed by atoms with van der Waals surface area (Å²) >= 11 is 3.59. The molecule has 19 heavy (non-hydrogen) atoms. The highest BCUT2D eigenvalue weighted by molar-refractivity contribution is 9.10. The van der Waals surface area contributed by atoms with Gasteiger partial charge in [-0.05, 0) is 31.4 Å². The van der Waals surface area contributed by atoms with Crippen LogP contribution in [-0.2, 0) is 0 Å². The predicted molar refractivity (Wildman–Crippen MR) is 86.6 cm³/mol. The summed E-state index contributed by atoms with van der Waals surface area (Å²) in [6.07, 6.45) is 4.26. The molecular weight excluding hydrogens is 300 g/mol. The lowest BCUT2D eigenvalue weighted by atomic mass is 10.0. The molecule has 0 aliphatic carbocycles. The molecule has 0 saturated heterocycles. The SMILES string of the molecule is CCC(C)CC(C)Nc1nccc2c(Br)cccc12. The molecule has 1 N–H and O–H groups in total. The number of nitrogens with zero attached hydrogens (tertiary/aromatic N) is 1. The third-order valence-electron chi connectivity index (χ3n) is 3.59. The third kappa shape index (κ3) is 3.47. The van der Waals surface area contributed by atoms with E-state index in [1.54, 1.807) is 0 Å². The van der Waals surface area contributed by atoms with Crippen LogP contribution in [0.2, 0.25) is 0 Å². The second-order valence-corrected chi connectivity index (χ2v) is 6.14. The van der Waals surface area contributed by atoms with E-state index in [9.17, 15) is 0 Å². The normalized spacial score (nSPS) is 14.3. The van der Waals surface area contributed by atoms with Gasteiger partial charge < -0.3 is 5.32 Å². The summed E-state index contributed by atoms with van der Waals surface area (Å²) in [7, 11) is 0. The lowest BCUT2D eigenvalue weighted by molar-refractivity contribution is 0.483. The van der Waals surface area contributed by atoms with E-state index in [4.69, 9.17) is 0 Å².